The molecule has 0 aliphatic heterocycles. The van der Waals surface area contributed by atoms with E-state index in [1.807, 2.05) is 85.8 Å². The van der Waals surface area contributed by atoms with Gasteiger partial charge in [0.2, 0.25) is 5.89 Å². The van der Waals surface area contributed by atoms with Gasteiger partial charge in [-0.15, -0.1) is 0 Å². The van der Waals surface area contributed by atoms with E-state index in [2.05, 4.69) is 27.8 Å². The van der Waals surface area contributed by atoms with Crippen LogP contribution in [-0.2, 0) is 17.9 Å². The molecule has 0 saturated heterocycles. The third kappa shape index (κ3) is 5.14. The number of oxazole rings is 1. The van der Waals surface area contributed by atoms with E-state index < -0.39 is 11.6 Å². The molecular formula is C34H30N2O5. The second kappa shape index (κ2) is 10.5. The number of hydrogen-bond acceptors (Lipinski definition) is 5. The molecule has 0 bridgehead atoms. The van der Waals surface area contributed by atoms with Crippen molar-refractivity contribution in [3.63, 3.8) is 0 Å². The lowest BCUT2D eigenvalue weighted by Crippen LogP contribution is -2.37. The summed E-state index contributed by atoms with van der Waals surface area (Å²) in [5.41, 5.74) is 3.45. The Morgan fingerprint density at radius 3 is 2.37 bits per heavy atom. The van der Waals surface area contributed by atoms with Crippen molar-refractivity contribution in [1.82, 2.24) is 9.55 Å². The van der Waals surface area contributed by atoms with Gasteiger partial charge in [0.05, 0.1) is 5.52 Å². The van der Waals surface area contributed by atoms with Crippen molar-refractivity contribution in [3.05, 3.63) is 114 Å². The Bertz CT molecular complexity index is 1850. The Morgan fingerprint density at radius 1 is 0.902 bits per heavy atom. The highest BCUT2D eigenvalue weighted by molar-refractivity contribution is 6.11. The number of nitrogens with zero attached hydrogens (tertiary/aromatic N) is 2. The van der Waals surface area contributed by atoms with Crippen LogP contribution < -0.4 is 9.47 Å². The summed E-state index contributed by atoms with van der Waals surface area (Å²) in [5, 5.41) is 11.5. The minimum absolute atomic E-state index is 0.309. The number of carbonyl (C=O) groups is 1. The topological polar surface area (TPSA) is 86.7 Å². The van der Waals surface area contributed by atoms with Gasteiger partial charge in [-0.05, 0) is 68.8 Å². The van der Waals surface area contributed by atoms with Gasteiger partial charge in [-0.2, -0.15) is 0 Å². The van der Waals surface area contributed by atoms with Gasteiger partial charge in [-0.1, -0.05) is 54.6 Å². The molecular weight excluding hydrogens is 516 g/mol. The number of aromatic nitrogens is 2. The molecule has 0 aliphatic rings. The normalized spacial score (nSPS) is 11.7. The molecule has 0 saturated carbocycles. The van der Waals surface area contributed by atoms with E-state index in [1.165, 1.54) is 0 Å². The molecule has 0 amide bonds. The first-order valence-corrected chi connectivity index (χ1v) is 13.5. The maximum Gasteiger partial charge on any atom is 0.347 e. The Kier molecular flexibility index (Phi) is 6.71. The molecule has 0 fully saturated rings. The molecule has 2 heterocycles. The fourth-order valence-electron chi connectivity index (χ4n) is 4.93. The van der Waals surface area contributed by atoms with Gasteiger partial charge < -0.3 is 23.6 Å². The first-order valence-electron chi connectivity index (χ1n) is 13.5. The lowest BCUT2D eigenvalue weighted by atomic mass is 10.1. The summed E-state index contributed by atoms with van der Waals surface area (Å²) < 4.78 is 20.1. The van der Waals surface area contributed by atoms with Crippen molar-refractivity contribution in [1.29, 1.82) is 0 Å². The Balaban J connectivity index is 1.23. The number of rotatable bonds is 9. The minimum Gasteiger partial charge on any atom is -0.487 e. The van der Waals surface area contributed by atoms with Crippen molar-refractivity contribution < 1.29 is 23.8 Å². The number of aliphatic carboxylic acids is 1. The summed E-state index contributed by atoms with van der Waals surface area (Å²) in [5.74, 6) is 1.60. The van der Waals surface area contributed by atoms with E-state index in [4.69, 9.17) is 13.9 Å². The number of aryl methyl sites for hydroxylation is 1. The first kappa shape index (κ1) is 26.2. The van der Waals surface area contributed by atoms with Crippen LogP contribution in [0.15, 0.2) is 101 Å². The average molecular weight is 547 g/mol. The van der Waals surface area contributed by atoms with E-state index in [-0.39, 0.29) is 0 Å². The summed E-state index contributed by atoms with van der Waals surface area (Å²) in [7, 11) is 0. The lowest BCUT2D eigenvalue weighted by Gasteiger charge is -2.22. The predicted octanol–water partition coefficient (Wildman–Crippen LogP) is 7.63. The van der Waals surface area contributed by atoms with Crippen LogP contribution in [-0.4, -0.2) is 26.2 Å². The quantitative estimate of drug-likeness (QED) is 0.201. The zero-order chi connectivity index (χ0) is 28.6. The van der Waals surface area contributed by atoms with E-state index in [0.717, 1.165) is 50.1 Å². The van der Waals surface area contributed by atoms with Gasteiger partial charge in [0.15, 0.2) is 5.60 Å². The highest BCUT2D eigenvalue weighted by Crippen LogP contribution is 2.37. The number of fused-ring (bicyclic) bond motifs is 3. The van der Waals surface area contributed by atoms with Gasteiger partial charge in [0, 0.05) is 28.4 Å². The maximum absolute atomic E-state index is 11.8. The van der Waals surface area contributed by atoms with Crippen molar-refractivity contribution in [2.45, 2.75) is 39.5 Å². The average Bonchev–Trinajstić information content (AvgIpc) is 3.51. The zero-order valence-electron chi connectivity index (χ0n) is 23.1. The summed E-state index contributed by atoms with van der Waals surface area (Å²) in [6, 6.07) is 31.7. The molecule has 6 rings (SSSR count). The fraction of sp³-hybridized carbons (Fsp3) is 0.176. The maximum atomic E-state index is 11.8. The predicted molar refractivity (Wildman–Crippen MR) is 158 cm³/mol. The molecule has 7 heteroatoms. The Hall–Kier alpha value is -5.04. The van der Waals surface area contributed by atoms with Crippen molar-refractivity contribution in [2.24, 2.45) is 0 Å². The zero-order valence-corrected chi connectivity index (χ0v) is 23.1. The second-order valence-corrected chi connectivity index (χ2v) is 10.5. The van der Waals surface area contributed by atoms with Crippen LogP contribution in [0.1, 0.15) is 30.9 Å². The molecule has 1 N–H and O–H groups in total. The fourth-order valence-corrected chi connectivity index (χ4v) is 4.93. The molecule has 0 unspecified atom stereocenters. The summed E-state index contributed by atoms with van der Waals surface area (Å²) in [6.45, 7) is 5.95. The number of carboxylic acid groups (broad SMARTS) is 1. The van der Waals surface area contributed by atoms with Gasteiger partial charge in [-0.3, -0.25) is 0 Å². The second-order valence-electron chi connectivity index (χ2n) is 10.5. The van der Waals surface area contributed by atoms with Crippen molar-refractivity contribution >= 4 is 27.8 Å². The van der Waals surface area contributed by atoms with Gasteiger partial charge in [0.1, 0.15) is 29.6 Å². The third-order valence-corrected chi connectivity index (χ3v) is 7.19. The number of carboxylic acids is 1. The van der Waals surface area contributed by atoms with E-state index in [0.29, 0.717) is 24.8 Å². The highest BCUT2D eigenvalue weighted by atomic mass is 16.5. The molecule has 0 atom stereocenters. The number of hydrogen-bond donors (Lipinski definition) is 1. The SMILES string of the molecule is Cc1oc(-c2ccccc2)nc1COc1ccc(Cn2c3ccccc3c3c(OC(C)(C)C(=O)O)cccc32)cc1. The van der Waals surface area contributed by atoms with Crippen LogP contribution in [0, 0.1) is 6.92 Å². The third-order valence-electron chi connectivity index (χ3n) is 7.19. The van der Waals surface area contributed by atoms with Gasteiger partial charge in [-0.25, -0.2) is 9.78 Å². The first-order chi connectivity index (χ1) is 19.8. The molecule has 0 aliphatic carbocycles. The van der Waals surface area contributed by atoms with E-state index >= 15 is 0 Å². The van der Waals surface area contributed by atoms with Crippen LogP contribution in [0.4, 0.5) is 0 Å². The molecule has 0 radical (unpaired) electrons. The van der Waals surface area contributed by atoms with E-state index in [1.54, 1.807) is 13.8 Å². The summed E-state index contributed by atoms with van der Waals surface area (Å²) >= 11 is 0. The molecule has 6 aromatic rings. The molecule has 41 heavy (non-hydrogen) atoms. The largest absolute Gasteiger partial charge is 0.487 e. The molecule has 0 spiro atoms. The smallest absolute Gasteiger partial charge is 0.347 e. The molecule has 2 aromatic heterocycles. The number of ether oxygens (including phenoxy) is 2. The molecule has 4 aromatic carbocycles. The van der Waals surface area contributed by atoms with Gasteiger partial charge in [0.25, 0.3) is 0 Å². The standard InChI is InChI=1S/C34H30N2O5/c1-22-27(35-32(40-22)24-10-5-4-6-11-24)21-39-25-18-16-23(17-19-25)20-36-28-13-8-7-12-26(28)31-29(36)14-9-15-30(31)41-34(2,3)33(37)38/h4-19H,20-21H2,1-3H3,(H,37,38). The number of para-hydroxylation sites is 1. The molecule has 7 nitrogen and oxygen atoms in total. The van der Waals surface area contributed by atoms with Crippen LogP contribution in [0.5, 0.6) is 11.5 Å². The minimum atomic E-state index is -1.36. The van der Waals surface area contributed by atoms with Crippen LogP contribution in [0.2, 0.25) is 0 Å². The Morgan fingerprint density at radius 2 is 1.61 bits per heavy atom. The van der Waals surface area contributed by atoms with E-state index in [9.17, 15) is 9.90 Å². The van der Waals surface area contributed by atoms with Crippen LogP contribution in [0.3, 0.4) is 0 Å². The summed E-state index contributed by atoms with van der Waals surface area (Å²) in [4.78, 5) is 16.4. The highest BCUT2D eigenvalue weighted by Gasteiger charge is 2.30. The monoisotopic (exact) mass is 546 g/mol. The summed E-state index contributed by atoms with van der Waals surface area (Å²) in [6.07, 6.45) is 0. The molecule has 206 valence electrons. The van der Waals surface area contributed by atoms with Crippen molar-refractivity contribution in [2.75, 3.05) is 0 Å². The van der Waals surface area contributed by atoms with Crippen LogP contribution in [0.25, 0.3) is 33.3 Å². The van der Waals surface area contributed by atoms with Crippen LogP contribution >= 0.6 is 0 Å². The van der Waals surface area contributed by atoms with Crippen molar-refractivity contribution in [3.8, 4) is 23.0 Å². The van der Waals surface area contributed by atoms with Gasteiger partial charge >= 0.3 is 5.97 Å². The number of benzene rings is 4. The lowest BCUT2D eigenvalue weighted by molar-refractivity contribution is -0.152. The Labute approximate surface area is 237 Å².